The molecule has 1 aromatic carbocycles. The number of ether oxygens (including phenoxy) is 3. The van der Waals surface area contributed by atoms with E-state index in [1.807, 2.05) is 6.92 Å². The standard InChI is InChI=1S/C20H26O8/c1-5-9-10-26-20(25)12-11-14(22)18(27-15(23)7-3)19(28-16(24)8-4)17(12)13(21)6-2/h11,22H,5-10H2,1-4H3. The van der Waals surface area contributed by atoms with Crippen molar-refractivity contribution in [2.24, 2.45) is 0 Å². The number of phenols is 1. The normalized spacial score (nSPS) is 10.3. The Labute approximate surface area is 163 Å². The van der Waals surface area contributed by atoms with Gasteiger partial charge in [0.15, 0.2) is 17.3 Å². The fourth-order valence-corrected chi connectivity index (χ4v) is 2.20. The van der Waals surface area contributed by atoms with Crippen LogP contribution in [0.4, 0.5) is 0 Å². The van der Waals surface area contributed by atoms with Crippen molar-refractivity contribution in [3.05, 3.63) is 17.2 Å². The average molecular weight is 394 g/mol. The van der Waals surface area contributed by atoms with Gasteiger partial charge in [-0.15, -0.1) is 0 Å². The molecule has 154 valence electrons. The zero-order valence-electron chi connectivity index (χ0n) is 16.6. The molecule has 0 heterocycles. The molecule has 0 aliphatic carbocycles. The van der Waals surface area contributed by atoms with Gasteiger partial charge >= 0.3 is 17.9 Å². The molecule has 8 nitrogen and oxygen atoms in total. The Hall–Kier alpha value is -2.90. The molecule has 0 bridgehead atoms. The zero-order valence-corrected chi connectivity index (χ0v) is 16.6. The van der Waals surface area contributed by atoms with Gasteiger partial charge in [-0.2, -0.15) is 0 Å². The minimum absolute atomic E-state index is 0.0154. The predicted octanol–water partition coefficient (Wildman–Crippen LogP) is 3.57. The Balaban J connectivity index is 3.63. The summed E-state index contributed by atoms with van der Waals surface area (Å²) < 4.78 is 15.4. The largest absolute Gasteiger partial charge is 0.504 e. The molecule has 0 radical (unpaired) electrons. The molecule has 0 spiro atoms. The summed E-state index contributed by atoms with van der Waals surface area (Å²) >= 11 is 0. The number of ketones is 1. The van der Waals surface area contributed by atoms with Crippen molar-refractivity contribution in [3.8, 4) is 17.2 Å². The number of Topliss-reactive ketones (excluding diaryl/α,β-unsaturated/α-hetero) is 1. The second kappa shape index (κ2) is 11.1. The second-order valence-electron chi connectivity index (χ2n) is 5.90. The maximum Gasteiger partial charge on any atom is 0.339 e. The van der Waals surface area contributed by atoms with E-state index in [2.05, 4.69) is 0 Å². The van der Waals surface area contributed by atoms with Crippen LogP contribution >= 0.6 is 0 Å². The highest BCUT2D eigenvalue weighted by Gasteiger charge is 2.30. The summed E-state index contributed by atoms with van der Waals surface area (Å²) in [5.74, 6) is -4.36. The fraction of sp³-hybridized carbons (Fsp3) is 0.500. The van der Waals surface area contributed by atoms with Gasteiger partial charge in [0.2, 0.25) is 5.75 Å². The third-order valence-electron chi connectivity index (χ3n) is 3.78. The highest BCUT2D eigenvalue weighted by molar-refractivity contribution is 6.10. The Morgan fingerprint density at radius 2 is 1.46 bits per heavy atom. The molecule has 28 heavy (non-hydrogen) atoms. The van der Waals surface area contributed by atoms with Gasteiger partial charge in [-0.3, -0.25) is 14.4 Å². The van der Waals surface area contributed by atoms with E-state index in [9.17, 15) is 24.3 Å². The number of carbonyl (C=O) groups is 4. The van der Waals surface area contributed by atoms with E-state index in [1.165, 1.54) is 13.8 Å². The molecule has 0 aliphatic heterocycles. The summed E-state index contributed by atoms with van der Waals surface area (Å²) in [6, 6.07) is 0.985. The SMILES string of the molecule is CCCCOC(=O)c1cc(O)c(OC(=O)CC)c(OC(=O)CC)c1C(=O)CC. The van der Waals surface area contributed by atoms with Crippen molar-refractivity contribution in [2.45, 2.75) is 59.8 Å². The van der Waals surface area contributed by atoms with Crippen LogP contribution in [0.2, 0.25) is 0 Å². The first kappa shape index (κ1) is 23.1. The van der Waals surface area contributed by atoms with E-state index in [0.29, 0.717) is 6.42 Å². The number of benzene rings is 1. The first-order chi connectivity index (χ1) is 13.3. The molecular weight excluding hydrogens is 368 g/mol. The minimum atomic E-state index is -0.845. The van der Waals surface area contributed by atoms with Gasteiger partial charge in [0, 0.05) is 19.3 Å². The molecular formula is C20H26O8. The lowest BCUT2D eigenvalue weighted by atomic mass is 9.99. The van der Waals surface area contributed by atoms with Crippen molar-refractivity contribution >= 4 is 23.7 Å². The molecule has 0 saturated carbocycles. The molecule has 1 N–H and O–H groups in total. The van der Waals surface area contributed by atoms with Gasteiger partial charge in [0.1, 0.15) is 0 Å². The van der Waals surface area contributed by atoms with E-state index >= 15 is 0 Å². The summed E-state index contributed by atoms with van der Waals surface area (Å²) in [7, 11) is 0. The number of carbonyl (C=O) groups excluding carboxylic acids is 4. The number of aromatic hydroxyl groups is 1. The van der Waals surface area contributed by atoms with Crippen LogP contribution in [0.15, 0.2) is 6.07 Å². The van der Waals surface area contributed by atoms with Gasteiger partial charge in [0.05, 0.1) is 17.7 Å². The lowest BCUT2D eigenvalue weighted by Crippen LogP contribution is -2.18. The number of phenolic OH excluding ortho intramolecular Hbond substituents is 1. The van der Waals surface area contributed by atoms with E-state index in [0.717, 1.165) is 12.5 Å². The van der Waals surface area contributed by atoms with Crippen LogP contribution in [0, 0.1) is 0 Å². The molecule has 0 amide bonds. The summed E-state index contributed by atoms with van der Waals surface area (Å²) in [4.78, 5) is 48.7. The Bertz CT molecular complexity index is 751. The van der Waals surface area contributed by atoms with E-state index in [4.69, 9.17) is 14.2 Å². The minimum Gasteiger partial charge on any atom is -0.504 e. The molecule has 0 aromatic heterocycles. The summed E-state index contributed by atoms with van der Waals surface area (Å²) in [6.07, 6.45) is 1.35. The molecule has 1 rings (SSSR count). The van der Waals surface area contributed by atoms with Crippen molar-refractivity contribution in [1.29, 1.82) is 0 Å². The number of rotatable bonds is 10. The predicted molar refractivity (Wildman–Crippen MR) is 99.8 cm³/mol. The van der Waals surface area contributed by atoms with Crippen molar-refractivity contribution in [3.63, 3.8) is 0 Å². The molecule has 0 saturated heterocycles. The monoisotopic (exact) mass is 394 g/mol. The lowest BCUT2D eigenvalue weighted by molar-refractivity contribution is -0.136. The van der Waals surface area contributed by atoms with Gasteiger partial charge in [0.25, 0.3) is 0 Å². The number of hydrogen-bond donors (Lipinski definition) is 1. The third kappa shape index (κ3) is 5.80. The van der Waals surface area contributed by atoms with Gasteiger partial charge in [-0.05, 0) is 12.5 Å². The van der Waals surface area contributed by atoms with Crippen LogP contribution in [-0.2, 0) is 14.3 Å². The average Bonchev–Trinajstić information content (AvgIpc) is 2.69. The summed E-state index contributed by atoms with van der Waals surface area (Å²) in [5.41, 5.74) is -0.516. The van der Waals surface area contributed by atoms with Crippen LogP contribution in [0.1, 0.15) is 80.5 Å². The Morgan fingerprint density at radius 3 is 1.96 bits per heavy atom. The van der Waals surface area contributed by atoms with Crippen LogP contribution in [0.3, 0.4) is 0 Å². The quantitative estimate of drug-likeness (QED) is 0.277. The highest BCUT2D eigenvalue weighted by Crippen LogP contribution is 2.43. The van der Waals surface area contributed by atoms with Gasteiger partial charge < -0.3 is 19.3 Å². The number of unbranched alkanes of at least 4 members (excludes halogenated alkanes) is 1. The highest BCUT2D eigenvalue weighted by atomic mass is 16.6. The first-order valence-electron chi connectivity index (χ1n) is 9.32. The van der Waals surface area contributed by atoms with Crippen LogP contribution in [0.25, 0.3) is 0 Å². The Kier molecular flexibility index (Phi) is 9.14. The number of hydrogen-bond acceptors (Lipinski definition) is 8. The molecule has 0 fully saturated rings. The van der Waals surface area contributed by atoms with E-state index < -0.39 is 40.9 Å². The molecule has 0 unspecified atom stereocenters. The molecule has 0 aliphatic rings. The van der Waals surface area contributed by atoms with Crippen molar-refractivity contribution in [2.75, 3.05) is 6.61 Å². The summed E-state index contributed by atoms with van der Waals surface area (Å²) in [6.45, 7) is 6.68. The second-order valence-corrected chi connectivity index (χ2v) is 5.90. The molecule has 8 heteroatoms. The zero-order chi connectivity index (χ0) is 21.3. The fourth-order valence-electron chi connectivity index (χ4n) is 2.20. The maximum absolute atomic E-state index is 12.6. The van der Waals surface area contributed by atoms with Gasteiger partial charge in [-0.1, -0.05) is 34.1 Å². The maximum atomic E-state index is 12.6. The van der Waals surface area contributed by atoms with Crippen molar-refractivity contribution < 1.29 is 38.5 Å². The topological polar surface area (TPSA) is 116 Å². The van der Waals surface area contributed by atoms with Crippen molar-refractivity contribution in [1.82, 2.24) is 0 Å². The lowest BCUT2D eigenvalue weighted by Gasteiger charge is -2.17. The smallest absolute Gasteiger partial charge is 0.339 e. The van der Waals surface area contributed by atoms with E-state index in [1.54, 1.807) is 6.92 Å². The molecule has 0 atom stereocenters. The van der Waals surface area contributed by atoms with Crippen LogP contribution in [-0.4, -0.2) is 35.4 Å². The van der Waals surface area contributed by atoms with Crippen LogP contribution < -0.4 is 9.47 Å². The molecule has 1 aromatic rings. The Morgan fingerprint density at radius 1 is 0.893 bits per heavy atom. The van der Waals surface area contributed by atoms with Crippen LogP contribution in [0.5, 0.6) is 17.2 Å². The summed E-state index contributed by atoms with van der Waals surface area (Å²) in [5, 5.41) is 10.3. The first-order valence-corrected chi connectivity index (χ1v) is 9.32. The number of esters is 3. The van der Waals surface area contributed by atoms with E-state index in [-0.39, 0.29) is 37.0 Å². The van der Waals surface area contributed by atoms with Gasteiger partial charge in [-0.25, -0.2) is 4.79 Å². The third-order valence-corrected chi connectivity index (χ3v) is 3.78.